The Morgan fingerprint density at radius 1 is 1.08 bits per heavy atom. The number of carbonyl (C=O) groups excluding carboxylic acids is 2. The molecule has 2 aliphatic rings. The summed E-state index contributed by atoms with van der Waals surface area (Å²) >= 11 is 0. The molecule has 2 amide bonds. The van der Waals surface area contributed by atoms with Gasteiger partial charge in [0.05, 0.1) is 12.6 Å². The first-order valence-corrected chi connectivity index (χ1v) is 8.59. The topological polar surface area (TPSA) is 70.2 Å². The molecule has 1 heterocycles. The van der Waals surface area contributed by atoms with Crippen LogP contribution in [0.1, 0.15) is 43.2 Å². The SMILES string of the molecule is Cl.O=C(CNC(=O)[C@@H]1Cc2ccccc2CN1)NC1CCCCC1. The van der Waals surface area contributed by atoms with Crippen molar-refractivity contribution in [3.05, 3.63) is 35.4 Å². The van der Waals surface area contributed by atoms with Crippen LogP contribution in [0.4, 0.5) is 0 Å². The molecule has 0 bridgehead atoms. The number of hydrogen-bond acceptors (Lipinski definition) is 3. The summed E-state index contributed by atoms with van der Waals surface area (Å²) in [5.41, 5.74) is 2.45. The molecule has 0 saturated heterocycles. The third kappa shape index (κ3) is 4.95. The predicted molar refractivity (Wildman–Crippen MR) is 96.0 cm³/mol. The molecule has 132 valence electrons. The number of nitrogens with one attached hydrogen (secondary N) is 3. The van der Waals surface area contributed by atoms with E-state index in [1.807, 2.05) is 12.1 Å². The van der Waals surface area contributed by atoms with E-state index in [-0.39, 0.29) is 42.8 Å². The lowest BCUT2D eigenvalue weighted by molar-refractivity contribution is -0.127. The summed E-state index contributed by atoms with van der Waals surface area (Å²) in [5, 5.41) is 9.01. The molecule has 1 saturated carbocycles. The molecule has 0 aromatic heterocycles. The van der Waals surface area contributed by atoms with Gasteiger partial charge >= 0.3 is 0 Å². The van der Waals surface area contributed by atoms with E-state index in [1.54, 1.807) is 0 Å². The van der Waals surface area contributed by atoms with Crippen LogP contribution in [0.3, 0.4) is 0 Å². The van der Waals surface area contributed by atoms with Crippen LogP contribution < -0.4 is 16.0 Å². The zero-order valence-corrected chi connectivity index (χ0v) is 14.7. The summed E-state index contributed by atoms with van der Waals surface area (Å²) < 4.78 is 0. The zero-order valence-electron chi connectivity index (χ0n) is 13.8. The normalized spacial score (nSPS) is 20.4. The van der Waals surface area contributed by atoms with Crippen molar-refractivity contribution in [1.29, 1.82) is 0 Å². The molecule has 24 heavy (non-hydrogen) atoms. The molecule has 0 spiro atoms. The highest BCUT2D eigenvalue weighted by Crippen LogP contribution is 2.17. The Hall–Kier alpha value is -1.59. The Morgan fingerprint density at radius 2 is 1.79 bits per heavy atom. The van der Waals surface area contributed by atoms with Gasteiger partial charge in [-0.2, -0.15) is 0 Å². The second-order valence-electron chi connectivity index (χ2n) is 6.53. The van der Waals surface area contributed by atoms with Crippen LogP contribution in [0.15, 0.2) is 24.3 Å². The maximum absolute atomic E-state index is 12.3. The molecule has 1 aliphatic heterocycles. The summed E-state index contributed by atoms with van der Waals surface area (Å²) in [7, 11) is 0. The first-order valence-electron chi connectivity index (χ1n) is 8.59. The Kier molecular flexibility index (Phi) is 7.06. The van der Waals surface area contributed by atoms with E-state index in [4.69, 9.17) is 0 Å². The number of halogens is 1. The van der Waals surface area contributed by atoms with Crippen molar-refractivity contribution in [3.8, 4) is 0 Å². The van der Waals surface area contributed by atoms with E-state index in [1.165, 1.54) is 30.4 Å². The van der Waals surface area contributed by atoms with Crippen LogP contribution in [-0.2, 0) is 22.6 Å². The third-order valence-corrected chi connectivity index (χ3v) is 4.79. The van der Waals surface area contributed by atoms with Crippen molar-refractivity contribution >= 4 is 24.2 Å². The van der Waals surface area contributed by atoms with Gasteiger partial charge in [-0.3, -0.25) is 9.59 Å². The van der Waals surface area contributed by atoms with Gasteiger partial charge in [-0.05, 0) is 30.4 Å². The van der Waals surface area contributed by atoms with E-state index >= 15 is 0 Å². The lowest BCUT2D eigenvalue weighted by Gasteiger charge is -2.26. The maximum Gasteiger partial charge on any atom is 0.239 e. The highest BCUT2D eigenvalue weighted by atomic mass is 35.5. The zero-order chi connectivity index (χ0) is 16.1. The average Bonchev–Trinajstić information content (AvgIpc) is 2.60. The number of benzene rings is 1. The molecule has 1 fully saturated rings. The van der Waals surface area contributed by atoms with Gasteiger partial charge in [-0.25, -0.2) is 0 Å². The summed E-state index contributed by atoms with van der Waals surface area (Å²) in [6, 6.07) is 8.17. The average molecular weight is 352 g/mol. The number of amides is 2. The van der Waals surface area contributed by atoms with Gasteiger partial charge in [0.1, 0.15) is 0 Å². The Labute approximate surface area is 149 Å². The molecule has 3 N–H and O–H groups in total. The van der Waals surface area contributed by atoms with Crippen molar-refractivity contribution < 1.29 is 9.59 Å². The minimum absolute atomic E-state index is 0. The minimum atomic E-state index is -0.257. The molecular weight excluding hydrogens is 326 g/mol. The Balaban J connectivity index is 0.00000208. The summed E-state index contributed by atoms with van der Waals surface area (Å²) in [5.74, 6) is -0.181. The van der Waals surface area contributed by atoms with Crippen LogP contribution in [0.2, 0.25) is 0 Å². The Morgan fingerprint density at radius 3 is 2.54 bits per heavy atom. The fourth-order valence-electron chi connectivity index (χ4n) is 3.46. The first-order chi connectivity index (χ1) is 11.2. The smallest absolute Gasteiger partial charge is 0.239 e. The second kappa shape index (κ2) is 9.04. The van der Waals surface area contributed by atoms with Gasteiger partial charge < -0.3 is 16.0 Å². The van der Waals surface area contributed by atoms with Gasteiger partial charge in [0.15, 0.2) is 0 Å². The lowest BCUT2D eigenvalue weighted by atomic mass is 9.95. The van der Waals surface area contributed by atoms with Gasteiger partial charge in [0, 0.05) is 12.6 Å². The third-order valence-electron chi connectivity index (χ3n) is 4.79. The van der Waals surface area contributed by atoms with Crippen LogP contribution in [0, 0.1) is 0 Å². The van der Waals surface area contributed by atoms with Crippen molar-refractivity contribution in [3.63, 3.8) is 0 Å². The van der Waals surface area contributed by atoms with Crippen LogP contribution in [0.25, 0.3) is 0 Å². The van der Waals surface area contributed by atoms with Crippen molar-refractivity contribution in [2.24, 2.45) is 0 Å². The quantitative estimate of drug-likeness (QED) is 0.773. The number of fused-ring (bicyclic) bond motifs is 1. The van der Waals surface area contributed by atoms with Crippen molar-refractivity contribution in [2.45, 2.75) is 57.2 Å². The number of carbonyl (C=O) groups is 2. The highest BCUT2D eigenvalue weighted by molar-refractivity contribution is 5.87. The van der Waals surface area contributed by atoms with E-state index in [0.717, 1.165) is 12.8 Å². The van der Waals surface area contributed by atoms with Gasteiger partial charge in [0.2, 0.25) is 11.8 Å². The van der Waals surface area contributed by atoms with Crippen LogP contribution in [-0.4, -0.2) is 30.4 Å². The fourth-order valence-corrected chi connectivity index (χ4v) is 3.46. The van der Waals surface area contributed by atoms with Gasteiger partial charge in [0.25, 0.3) is 0 Å². The molecule has 1 aromatic rings. The predicted octanol–water partition coefficient (Wildman–Crippen LogP) is 1.69. The first kappa shape index (κ1) is 18.7. The summed E-state index contributed by atoms with van der Waals surface area (Å²) in [6.07, 6.45) is 6.41. The molecule has 1 aliphatic carbocycles. The second-order valence-corrected chi connectivity index (χ2v) is 6.53. The number of hydrogen-bond donors (Lipinski definition) is 3. The molecule has 0 radical (unpaired) electrons. The lowest BCUT2D eigenvalue weighted by Crippen LogP contribution is -2.50. The largest absolute Gasteiger partial charge is 0.352 e. The van der Waals surface area contributed by atoms with Crippen molar-refractivity contribution in [2.75, 3.05) is 6.54 Å². The van der Waals surface area contributed by atoms with E-state index in [0.29, 0.717) is 13.0 Å². The molecule has 3 rings (SSSR count). The molecule has 5 nitrogen and oxygen atoms in total. The molecule has 1 aromatic carbocycles. The molecule has 0 unspecified atom stereocenters. The molecule has 1 atom stereocenters. The fraction of sp³-hybridized carbons (Fsp3) is 0.556. The van der Waals surface area contributed by atoms with E-state index in [2.05, 4.69) is 28.1 Å². The molecular formula is C18H26ClN3O2. The van der Waals surface area contributed by atoms with E-state index in [9.17, 15) is 9.59 Å². The van der Waals surface area contributed by atoms with Gasteiger partial charge in [-0.1, -0.05) is 43.5 Å². The van der Waals surface area contributed by atoms with Crippen LogP contribution >= 0.6 is 12.4 Å². The highest BCUT2D eigenvalue weighted by Gasteiger charge is 2.24. The van der Waals surface area contributed by atoms with Gasteiger partial charge in [-0.15, -0.1) is 12.4 Å². The maximum atomic E-state index is 12.3. The minimum Gasteiger partial charge on any atom is -0.352 e. The number of rotatable bonds is 4. The Bertz CT molecular complexity index is 573. The standard InChI is InChI=1S/C18H25N3O2.ClH/c22-17(21-15-8-2-1-3-9-15)12-20-18(23)16-10-13-6-4-5-7-14(13)11-19-16;/h4-7,15-16,19H,1-3,8-12H2,(H,20,23)(H,21,22);1H/t16-;/m0./s1. The van der Waals surface area contributed by atoms with Crippen molar-refractivity contribution in [1.82, 2.24) is 16.0 Å². The van der Waals surface area contributed by atoms with E-state index < -0.39 is 0 Å². The summed E-state index contributed by atoms with van der Waals surface area (Å²) in [6.45, 7) is 0.762. The molecule has 6 heteroatoms. The monoisotopic (exact) mass is 351 g/mol. The summed E-state index contributed by atoms with van der Waals surface area (Å²) in [4.78, 5) is 24.2. The van der Waals surface area contributed by atoms with Crippen LogP contribution in [0.5, 0.6) is 0 Å².